The predicted molar refractivity (Wildman–Crippen MR) is 104 cm³/mol. The molecule has 0 radical (unpaired) electrons. The molecule has 146 valence electrons. The number of benzene rings is 1. The van der Waals surface area contributed by atoms with Gasteiger partial charge in [-0.25, -0.2) is 4.79 Å². The van der Waals surface area contributed by atoms with E-state index in [2.05, 4.69) is 22.1 Å². The van der Waals surface area contributed by atoms with Gasteiger partial charge in [0.1, 0.15) is 11.4 Å². The highest BCUT2D eigenvalue weighted by atomic mass is 16.5. The van der Waals surface area contributed by atoms with Crippen LogP contribution in [0.4, 0.5) is 5.69 Å². The van der Waals surface area contributed by atoms with Crippen LogP contribution < -0.4 is 10.1 Å². The van der Waals surface area contributed by atoms with Crippen molar-refractivity contribution in [1.82, 2.24) is 9.88 Å². The van der Waals surface area contributed by atoms with E-state index in [9.17, 15) is 9.59 Å². The summed E-state index contributed by atoms with van der Waals surface area (Å²) in [7, 11) is 2.90. The highest BCUT2D eigenvalue weighted by molar-refractivity contribution is 6.11. The molecule has 3 rings (SSSR count). The molecule has 0 aliphatic carbocycles. The van der Waals surface area contributed by atoms with Crippen LogP contribution in [-0.2, 0) is 9.53 Å². The first-order valence-corrected chi connectivity index (χ1v) is 9.27. The maximum Gasteiger partial charge on any atom is 0.356 e. The number of hydrogen-bond donors (Lipinski definition) is 2. The van der Waals surface area contributed by atoms with Gasteiger partial charge in [0.25, 0.3) is 0 Å². The summed E-state index contributed by atoms with van der Waals surface area (Å²) in [6.45, 7) is 5.93. The lowest BCUT2D eigenvalue weighted by atomic mass is 9.99. The second-order valence-electron chi connectivity index (χ2n) is 7.19. The number of rotatable bonds is 5. The van der Waals surface area contributed by atoms with Crippen molar-refractivity contribution < 1.29 is 19.1 Å². The number of methoxy groups -OCH3 is 2. The number of likely N-dealkylation sites (tertiary alicyclic amines) is 1. The van der Waals surface area contributed by atoms with E-state index in [1.165, 1.54) is 13.5 Å². The highest BCUT2D eigenvalue weighted by Gasteiger charge is 2.28. The molecule has 0 saturated carbocycles. The Morgan fingerprint density at radius 2 is 2.11 bits per heavy atom. The third-order valence-electron chi connectivity index (χ3n) is 5.26. The van der Waals surface area contributed by atoms with Crippen LogP contribution in [0.1, 0.15) is 37.2 Å². The van der Waals surface area contributed by atoms with Gasteiger partial charge in [0.05, 0.1) is 31.5 Å². The first-order chi connectivity index (χ1) is 12.9. The van der Waals surface area contributed by atoms with Crippen molar-refractivity contribution in [3.63, 3.8) is 0 Å². The molecule has 1 saturated heterocycles. The highest BCUT2D eigenvalue weighted by Crippen LogP contribution is 2.31. The van der Waals surface area contributed by atoms with Crippen molar-refractivity contribution in [3.05, 3.63) is 23.9 Å². The average Bonchev–Trinajstić information content (AvgIpc) is 3.04. The molecule has 1 aliphatic heterocycles. The number of aromatic nitrogens is 1. The number of aromatic amines is 1. The van der Waals surface area contributed by atoms with E-state index in [0.29, 0.717) is 22.9 Å². The molecule has 0 spiro atoms. The van der Waals surface area contributed by atoms with Crippen LogP contribution in [0.5, 0.6) is 5.75 Å². The maximum absolute atomic E-state index is 12.9. The van der Waals surface area contributed by atoms with E-state index in [4.69, 9.17) is 9.47 Å². The Labute approximate surface area is 159 Å². The molecule has 2 aromatic rings. The number of nitrogens with one attached hydrogen (secondary N) is 2. The summed E-state index contributed by atoms with van der Waals surface area (Å²) >= 11 is 0. The van der Waals surface area contributed by atoms with E-state index in [1.807, 2.05) is 13.0 Å². The Morgan fingerprint density at radius 3 is 2.78 bits per heavy atom. The van der Waals surface area contributed by atoms with Crippen molar-refractivity contribution >= 4 is 28.5 Å². The fraction of sp³-hybridized carbons (Fsp3) is 0.500. The van der Waals surface area contributed by atoms with Gasteiger partial charge in [0.15, 0.2) is 0 Å². The Kier molecular flexibility index (Phi) is 5.70. The zero-order valence-electron chi connectivity index (χ0n) is 16.3. The van der Waals surface area contributed by atoms with Gasteiger partial charge in [-0.1, -0.05) is 6.92 Å². The first kappa shape index (κ1) is 19.2. The van der Waals surface area contributed by atoms with Gasteiger partial charge in [-0.05, 0) is 44.4 Å². The van der Waals surface area contributed by atoms with Gasteiger partial charge >= 0.3 is 5.97 Å². The molecule has 1 aromatic carbocycles. The number of piperidine rings is 1. The van der Waals surface area contributed by atoms with Crippen molar-refractivity contribution in [2.75, 3.05) is 32.6 Å². The van der Waals surface area contributed by atoms with Gasteiger partial charge in [-0.15, -0.1) is 0 Å². The number of fused-ring (bicyclic) bond motifs is 1. The SMILES string of the molecule is COC(=O)c1[nH]c2cc(OC)ccc2c1NC(=O)[C@H](C)N1CCC[C@H](C)C1. The van der Waals surface area contributed by atoms with Crippen LogP contribution in [0, 0.1) is 5.92 Å². The Balaban J connectivity index is 1.90. The summed E-state index contributed by atoms with van der Waals surface area (Å²) in [5.74, 6) is 0.583. The van der Waals surface area contributed by atoms with Crippen molar-refractivity contribution in [2.24, 2.45) is 5.92 Å². The van der Waals surface area contributed by atoms with E-state index in [1.54, 1.807) is 19.2 Å². The second kappa shape index (κ2) is 8.00. The fourth-order valence-electron chi connectivity index (χ4n) is 3.66. The smallest absolute Gasteiger partial charge is 0.356 e. The summed E-state index contributed by atoms with van der Waals surface area (Å²) in [6.07, 6.45) is 2.29. The third kappa shape index (κ3) is 3.93. The van der Waals surface area contributed by atoms with Crippen LogP contribution in [-0.4, -0.2) is 55.1 Å². The quantitative estimate of drug-likeness (QED) is 0.787. The number of anilines is 1. The van der Waals surface area contributed by atoms with E-state index in [0.717, 1.165) is 24.9 Å². The number of amides is 1. The number of carbonyl (C=O) groups excluding carboxylic acids is 2. The lowest BCUT2D eigenvalue weighted by Gasteiger charge is -2.34. The van der Waals surface area contributed by atoms with E-state index >= 15 is 0 Å². The van der Waals surface area contributed by atoms with Crippen molar-refractivity contribution in [1.29, 1.82) is 0 Å². The number of ether oxygens (including phenoxy) is 2. The van der Waals surface area contributed by atoms with Gasteiger partial charge in [0.2, 0.25) is 5.91 Å². The molecule has 1 amide bonds. The molecular formula is C20H27N3O4. The average molecular weight is 373 g/mol. The molecule has 7 nitrogen and oxygen atoms in total. The molecule has 1 aliphatic rings. The zero-order valence-corrected chi connectivity index (χ0v) is 16.3. The molecule has 0 bridgehead atoms. The Hall–Kier alpha value is -2.54. The summed E-state index contributed by atoms with van der Waals surface area (Å²) in [6, 6.07) is 5.12. The molecular weight excluding hydrogens is 346 g/mol. The topological polar surface area (TPSA) is 83.7 Å². The van der Waals surface area contributed by atoms with Gasteiger partial charge < -0.3 is 19.8 Å². The molecule has 0 unspecified atom stereocenters. The fourth-order valence-corrected chi connectivity index (χ4v) is 3.66. The number of H-pyrrole nitrogens is 1. The monoisotopic (exact) mass is 373 g/mol. The molecule has 2 N–H and O–H groups in total. The predicted octanol–water partition coefficient (Wildman–Crippen LogP) is 3.02. The first-order valence-electron chi connectivity index (χ1n) is 9.27. The standard InChI is InChI=1S/C20H27N3O4/c1-12-6-5-9-23(11-12)13(2)19(24)22-17-15-8-7-14(26-3)10-16(15)21-18(17)20(25)27-4/h7-8,10,12-13,21H,5-6,9,11H2,1-4H3,(H,22,24)/t12-,13-/m0/s1. The molecule has 7 heteroatoms. The minimum atomic E-state index is -0.528. The number of carbonyl (C=O) groups is 2. The lowest BCUT2D eigenvalue weighted by molar-refractivity contribution is -0.121. The maximum atomic E-state index is 12.9. The molecule has 1 aromatic heterocycles. The normalized spacial score (nSPS) is 18.9. The number of nitrogens with zero attached hydrogens (tertiary/aromatic N) is 1. The Bertz CT molecular complexity index is 845. The molecule has 2 atom stereocenters. The summed E-state index contributed by atoms with van der Waals surface area (Å²) in [4.78, 5) is 30.3. The lowest BCUT2D eigenvalue weighted by Crippen LogP contribution is -2.46. The number of hydrogen-bond acceptors (Lipinski definition) is 5. The molecule has 1 fully saturated rings. The zero-order chi connectivity index (χ0) is 19.6. The van der Waals surface area contributed by atoms with E-state index < -0.39 is 5.97 Å². The minimum absolute atomic E-state index is 0.133. The molecule has 2 heterocycles. The Morgan fingerprint density at radius 1 is 1.33 bits per heavy atom. The van der Waals surface area contributed by atoms with Crippen LogP contribution in [0.25, 0.3) is 10.9 Å². The summed E-state index contributed by atoms with van der Waals surface area (Å²) in [5.41, 5.74) is 1.37. The van der Waals surface area contributed by atoms with Crippen LogP contribution >= 0.6 is 0 Å². The van der Waals surface area contributed by atoms with Crippen LogP contribution in [0.2, 0.25) is 0 Å². The van der Waals surface area contributed by atoms with Crippen molar-refractivity contribution in [2.45, 2.75) is 32.7 Å². The molecule has 27 heavy (non-hydrogen) atoms. The van der Waals surface area contributed by atoms with Crippen molar-refractivity contribution in [3.8, 4) is 5.75 Å². The van der Waals surface area contributed by atoms with Crippen LogP contribution in [0.3, 0.4) is 0 Å². The minimum Gasteiger partial charge on any atom is -0.497 e. The van der Waals surface area contributed by atoms with Gasteiger partial charge in [-0.3, -0.25) is 9.69 Å². The third-order valence-corrected chi connectivity index (χ3v) is 5.26. The van der Waals surface area contributed by atoms with E-state index in [-0.39, 0.29) is 17.6 Å². The second-order valence-corrected chi connectivity index (χ2v) is 7.19. The van der Waals surface area contributed by atoms with Gasteiger partial charge in [0, 0.05) is 18.0 Å². The largest absolute Gasteiger partial charge is 0.497 e. The van der Waals surface area contributed by atoms with Crippen LogP contribution in [0.15, 0.2) is 18.2 Å². The summed E-state index contributed by atoms with van der Waals surface area (Å²) in [5, 5.41) is 3.68. The summed E-state index contributed by atoms with van der Waals surface area (Å²) < 4.78 is 10.1. The number of esters is 1. The van der Waals surface area contributed by atoms with Gasteiger partial charge in [-0.2, -0.15) is 0 Å².